The number of hydrogen-bond acceptors (Lipinski definition) is 3. The molecule has 0 heterocycles. The third-order valence-electron chi connectivity index (χ3n) is 3.62. The number of para-hydroxylation sites is 1. The molecule has 4 nitrogen and oxygen atoms in total. The quantitative estimate of drug-likeness (QED) is 0.840. The number of ether oxygens (including phenoxy) is 1. The molecule has 1 rings (SSSR count). The zero-order valence-electron chi connectivity index (χ0n) is 12.9. The second-order valence-electron chi connectivity index (χ2n) is 5.46. The number of nitrogens with two attached hydrogens (primary N) is 1. The Kier molecular flexibility index (Phi) is 8.08. The van der Waals surface area contributed by atoms with Gasteiger partial charge in [-0.25, -0.2) is 0 Å². The molecule has 0 radical (unpaired) electrons. The van der Waals surface area contributed by atoms with Crippen molar-refractivity contribution in [3.8, 4) is 5.75 Å². The monoisotopic (exact) mass is 334 g/mol. The van der Waals surface area contributed by atoms with Crippen molar-refractivity contribution in [3.63, 3.8) is 0 Å². The lowest BCUT2D eigenvalue weighted by molar-refractivity contribution is -0.129. The summed E-state index contributed by atoms with van der Waals surface area (Å²) >= 11 is 6.01. The molecule has 1 aromatic carbocycles. The van der Waals surface area contributed by atoms with Crippen LogP contribution in [0.15, 0.2) is 24.3 Å². The van der Waals surface area contributed by atoms with Crippen LogP contribution in [-0.2, 0) is 4.79 Å². The predicted molar refractivity (Wildman–Crippen MR) is 89.2 cm³/mol. The van der Waals surface area contributed by atoms with Crippen molar-refractivity contribution in [2.45, 2.75) is 39.3 Å². The molecule has 0 saturated carbocycles. The van der Waals surface area contributed by atoms with E-state index in [9.17, 15) is 4.79 Å². The Morgan fingerprint density at radius 2 is 1.95 bits per heavy atom. The van der Waals surface area contributed by atoms with Crippen LogP contribution in [0.5, 0.6) is 5.75 Å². The first kappa shape index (κ1) is 20.0. The number of nitrogens with one attached hydrogen (secondary N) is 1. The molecule has 0 aliphatic heterocycles. The minimum absolute atomic E-state index is 0. The van der Waals surface area contributed by atoms with E-state index in [1.807, 2.05) is 32.9 Å². The maximum Gasteiger partial charge on any atom is 0.261 e. The fraction of sp³-hybridized carbons (Fsp3) is 0.533. The average Bonchev–Trinajstić information content (AvgIpc) is 2.40. The van der Waals surface area contributed by atoms with Gasteiger partial charge in [0.2, 0.25) is 0 Å². The zero-order valence-corrected chi connectivity index (χ0v) is 14.4. The van der Waals surface area contributed by atoms with Crippen LogP contribution in [0, 0.1) is 5.92 Å². The molecule has 0 spiro atoms. The molecule has 2 atom stereocenters. The molecule has 1 amide bonds. The number of carbonyl (C=O) groups excluding carboxylic acids is 1. The molecule has 0 fully saturated rings. The van der Waals surface area contributed by atoms with Crippen LogP contribution in [0.1, 0.15) is 27.7 Å². The SMILES string of the molecule is CC(Oc1ccccc1Cl)C(=O)NC(C)(CN)C(C)C.Cl. The summed E-state index contributed by atoms with van der Waals surface area (Å²) in [6, 6.07) is 7.07. The van der Waals surface area contributed by atoms with Gasteiger partial charge in [-0.15, -0.1) is 12.4 Å². The van der Waals surface area contributed by atoms with Crippen molar-refractivity contribution < 1.29 is 9.53 Å². The summed E-state index contributed by atoms with van der Waals surface area (Å²) in [6.45, 7) is 8.03. The molecule has 0 bridgehead atoms. The smallest absolute Gasteiger partial charge is 0.261 e. The summed E-state index contributed by atoms with van der Waals surface area (Å²) in [5, 5.41) is 3.43. The van der Waals surface area contributed by atoms with Gasteiger partial charge in [-0.05, 0) is 31.9 Å². The van der Waals surface area contributed by atoms with Gasteiger partial charge in [-0.1, -0.05) is 37.6 Å². The number of rotatable bonds is 6. The second-order valence-corrected chi connectivity index (χ2v) is 5.86. The number of carbonyl (C=O) groups is 1. The predicted octanol–water partition coefficient (Wildman–Crippen LogP) is 3.02. The van der Waals surface area contributed by atoms with Gasteiger partial charge in [0.15, 0.2) is 6.10 Å². The molecule has 0 saturated heterocycles. The number of amides is 1. The molecule has 21 heavy (non-hydrogen) atoms. The Morgan fingerprint density at radius 3 is 2.43 bits per heavy atom. The van der Waals surface area contributed by atoms with E-state index in [0.717, 1.165) is 0 Å². The first-order valence-corrected chi connectivity index (χ1v) is 7.11. The first-order chi connectivity index (χ1) is 9.30. The molecular weight excluding hydrogens is 311 g/mol. The summed E-state index contributed by atoms with van der Waals surface area (Å²) in [4.78, 5) is 12.2. The minimum Gasteiger partial charge on any atom is -0.479 e. The van der Waals surface area contributed by atoms with Crippen molar-refractivity contribution in [1.29, 1.82) is 0 Å². The van der Waals surface area contributed by atoms with Gasteiger partial charge in [-0.3, -0.25) is 4.79 Å². The third-order valence-corrected chi connectivity index (χ3v) is 3.93. The highest BCUT2D eigenvalue weighted by Crippen LogP contribution is 2.24. The van der Waals surface area contributed by atoms with E-state index in [1.165, 1.54) is 0 Å². The molecule has 2 unspecified atom stereocenters. The summed E-state index contributed by atoms with van der Waals surface area (Å²) < 4.78 is 5.59. The van der Waals surface area contributed by atoms with Crippen LogP contribution in [0.4, 0.5) is 0 Å². The molecular formula is C15H24Cl2N2O2. The van der Waals surface area contributed by atoms with E-state index in [0.29, 0.717) is 17.3 Å². The Hall–Kier alpha value is -0.970. The lowest BCUT2D eigenvalue weighted by Gasteiger charge is -2.34. The van der Waals surface area contributed by atoms with Crippen LogP contribution < -0.4 is 15.8 Å². The topological polar surface area (TPSA) is 64.3 Å². The van der Waals surface area contributed by atoms with E-state index in [4.69, 9.17) is 22.1 Å². The number of halogens is 2. The normalized spacial score (nSPS) is 14.8. The van der Waals surface area contributed by atoms with Crippen molar-refractivity contribution in [2.24, 2.45) is 11.7 Å². The van der Waals surface area contributed by atoms with E-state index in [-0.39, 0.29) is 24.2 Å². The maximum absolute atomic E-state index is 12.2. The lowest BCUT2D eigenvalue weighted by atomic mass is 9.88. The fourth-order valence-corrected chi connectivity index (χ4v) is 1.78. The molecule has 0 aliphatic rings. The summed E-state index contributed by atoms with van der Waals surface area (Å²) in [5.41, 5.74) is 5.31. The van der Waals surface area contributed by atoms with Gasteiger partial charge in [0, 0.05) is 6.54 Å². The Morgan fingerprint density at radius 1 is 1.38 bits per heavy atom. The Balaban J connectivity index is 0.00000400. The zero-order chi connectivity index (χ0) is 15.3. The van der Waals surface area contributed by atoms with E-state index in [1.54, 1.807) is 19.1 Å². The van der Waals surface area contributed by atoms with Crippen molar-refractivity contribution in [1.82, 2.24) is 5.32 Å². The van der Waals surface area contributed by atoms with Gasteiger partial charge in [-0.2, -0.15) is 0 Å². The Labute approximate surface area is 137 Å². The number of hydrogen-bond donors (Lipinski definition) is 2. The standard InChI is InChI=1S/C15H23ClN2O2.ClH/c1-10(2)15(4,9-17)18-14(19)11(3)20-13-8-6-5-7-12(13)16;/h5-8,10-11H,9,17H2,1-4H3,(H,18,19);1H. The van der Waals surface area contributed by atoms with Gasteiger partial charge in [0.25, 0.3) is 5.91 Å². The first-order valence-electron chi connectivity index (χ1n) is 6.73. The Bertz CT molecular complexity index is 469. The van der Waals surface area contributed by atoms with Crippen LogP contribution in [0.3, 0.4) is 0 Å². The van der Waals surface area contributed by atoms with Crippen LogP contribution in [0.2, 0.25) is 5.02 Å². The largest absolute Gasteiger partial charge is 0.479 e. The van der Waals surface area contributed by atoms with Crippen molar-refractivity contribution in [2.75, 3.05) is 6.54 Å². The fourth-order valence-electron chi connectivity index (χ4n) is 1.60. The highest BCUT2D eigenvalue weighted by Gasteiger charge is 2.30. The molecule has 6 heteroatoms. The van der Waals surface area contributed by atoms with Crippen molar-refractivity contribution >= 4 is 29.9 Å². The van der Waals surface area contributed by atoms with Crippen LogP contribution in [0.25, 0.3) is 0 Å². The van der Waals surface area contributed by atoms with Gasteiger partial charge in [0.05, 0.1) is 10.6 Å². The molecule has 0 aromatic heterocycles. The lowest BCUT2D eigenvalue weighted by Crippen LogP contribution is -2.57. The van der Waals surface area contributed by atoms with Gasteiger partial charge in [0.1, 0.15) is 5.75 Å². The van der Waals surface area contributed by atoms with Crippen molar-refractivity contribution in [3.05, 3.63) is 29.3 Å². The maximum atomic E-state index is 12.2. The van der Waals surface area contributed by atoms with E-state index in [2.05, 4.69) is 5.32 Å². The van der Waals surface area contributed by atoms with E-state index >= 15 is 0 Å². The highest BCUT2D eigenvalue weighted by atomic mass is 35.5. The summed E-state index contributed by atoms with van der Waals surface area (Å²) in [7, 11) is 0. The van der Waals surface area contributed by atoms with Gasteiger partial charge < -0.3 is 15.8 Å². The molecule has 3 N–H and O–H groups in total. The van der Waals surface area contributed by atoms with E-state index < -0.39 is 11.6 Å². The molecule has 1 aromatic rings. The van der Waals surface area contributed by atoms with Gasteiger partial charge >= 0.3 is 0 Å². The van der Waals surface area contributed by atoms with Crippen LogP contribution >= 0.6 is 24.0 Å². The summed E-state index contributed by atoms with van der Waals surface area (Å²) in [5.74, 6) is 0.520. The number of benzene rings is 1. The second kappa shape index (κ2) is 8.47. The molecule has 120 valence electrons. The third kappa shape index (κ3) is 5.38. The minimum atomic E-state index is -0.639. The van der Waals surface area contributed by atoms with Crippen LogP contribution in [-0.4, -0.2) is 24.1 Å². The molecule has 0 aliphatic carbocycles. The summed E-state index contributed by atoms with van der Waals surface area (Å²) in [6.07, 6.45) is -0.639. The highest BCUT2D eigenvalue weighted by molar-refractivity contribution is 6.32. The average molecular weight is 335 g/mol.